The second-order valence-corrected chi connectivity index (χ2v) is 4.97. The van der Waals surface area contributed by atoms with Crippen LogP contribution < -0.4 is 5.32 Å². The van der Waals surface area contributed by atoms with E-state index in [0.29, 0.717) is 10.6 Å². The van der Waals surface area contributed by atoms with Gasteiger partial charge in [-0.3, -0.25) is 9.59 Å². The third-order valence-corrected chi connectivity index (χ3v) is 3.56. The molecule has 1 amide bonds. The molecule has 1 heterocycles. The molecule has 0 aliphatic heterocycles. The van der Waals surface area contributed by atoms with Crippen LogP contribution in [0.15, 0.2) is 0 Å². The fraction of sp³-hybridized carbons (Fsp3) is 0.417. The van der Waals surface area contributed by atoms with E-state index in [4.69, 9.17) is 10.4 Å². The Hall–Kier alpha value is -1.87. The smallest absolute Gasteiger partial charge is 0.303 e. The molecule has 0 aromatic carbocycles. The fourth-order valence-corrected chi connectivity index (χ4v) is 2.73. The molecular weight excluding hydrogens is 252 g/mol. The van der Waals surface area contributed by atoms with Crippen LogP contribution in [-0.4, -0.2) is 17.0 Å². The van der Waals surface area contributed by atoms with Gasteiger partial charge in [-0.05, 0) is 18.9 Å². The largest absolute Gasteiger partial charge is 0.481 e. The highest BCUT2D eigenvalue weighted by molar-refractivity contribution is 7.16. The minimum Gasteiger partial charge on any atom is -0.481 e. The summed E-state index contributed by atoms with van der Waals surface area (Å²) in [4.78, 5) is 22.9. The lowest BCUT2D eigenvalue weighted by Gasteiger charge is -2.01. The number of amides is 1. The van der Waals surface area contributed by atoms with Gasteiger partial charge < -0.3 is 10.4 Å². The molecule has 96 valence electrons. The van der Waals surface area contributed by atoms with Crippen molar-refractivity contribution in [2.24, 2.45) is 0 Å². The summed E-state index contributed by atoms with van der Waals surface area (Å²) in [7, 11) is 0. The van der Waals surface area contributed by atoms with Crippen molar-refractivity contribution < 1.29 is 14.7 Å². The Kier molecular flexibility index (Phi) is 4.86. The second-order valence-electron chi connectivity index (χ2n) is 3.75. The summed E-state index contributed by atoms with van der Waals surface area (Å²) in [5, 5.41) is 20.7. The number of carboxylic acids is 1. The van der Waals surface area contributed by atoms with Crippen LogP contribution in [0.25, 0.3) is 0 Å². The normalized spacial score (nSPS) is 9.83. The van der Waals surface area contributed by atoms with Crippen molar-refractivity contribution in [3.05, 3.63) is 16.0 Å². The van der Waals surface area contributed by atoms with Gasteiger partial charge in [-0.15, -0.1) is 11.3 Å². The standard InChI is InChI=1S/C12H14N2O3S/c1-3-8-7(2)18-12(9(8)6-13)14-10(15)4-5-11(16)17/h3-5H2,1-2H3,(H,14,15)(H,16,17). The first-order valence-corrected chi connectivity index (χ1v) is 6.35. The lowest BCUT2D eigenvalue weighted by atomic mass is 10.1. The highest BCUT2D eigenvalue weighted by atomic mass is 32.1. The Labute approximate surface area is 109 Å². The van der Waals surface area contributed by atoms with Crippen molar-refractivity contribution in [1.82, 2.24) is 0 Å². The summed E-state index contributed by atoms with van der Waals surface area (Å²) in [5.41, 5.74) is 1.43. The van der Waals surface area contributed by atoms with E-state index >= 15 is 0 Å². The molecule has 18 heavy (non-hydrogen) atoms. The monoisotopic (exact) mass is 266 g/mol. The maximum Gasteiger partial charge on any atom is 0.303 e. The molecule has 0 unspecified atom stereocenters. The van der Waals surface area contributed by atoms with Crippen LogP contribution in [0.1, 0.15) is 35.8 Å². The Morgan fingerprint density at radius 2 is 2.11 bits per heavy atom. The van der Waals surface area contributed by atoms with Gasteiger partial charge in [-0.25, -0.2) is 0 Å². The first kappa shape index (κ1) is 14.2. The van der Waals surface area contributed by atoms with Crippen molar-refractivity contribution in [2.75, 3.05) is 5.32 Å². The topological polar surface area (TPSA) is 90.2 Å². The number of carbonyl (C=O) groups is 2. The van der Waals surface area contributed by atoms with Gasteiger partial charge in [-0.2, -0.15) is 5.26 Å². The number of rotatable bonds is 5. The number of carbonyl (C=O) groups excluding carboxylic acids is 1. The van der Waals surface area contributed by atoms with E-state index in [-0.39, 0.29) is 18.7 Å². The third-order valence-electron chi connectivity index (χ3n) is 2.49. The minimum atomic E-state index is -1.01. The summed E-state index contributed by atoms with van der Waals surface area (Å²) in [5.74, 6) is -1.39. The van der Waals surface area contributed by atoms with Crippen molar-refractivity contribution in [3.8, 4) is 6.07 Å². The van der Waals surface area contributed by atoms with Crippen LogP contribution in [-0.2, 0) is 16.0 Å². The van der Waals surface area contributed by atoms with Crippen LogP contribution in [0.5, 0.6) is 0 Å². The van der Waals surface area contributed by atoms with Crippen molar-refractivity contribution >= 4 is 28.2 Å². The molecule has 5 nitrogen and oxygen atoms in total. The molecule has 0 aliphatic rings. The zero-order valence-corrected chi connectivity index (χ0v) is 11.1. The summed E-state index contributed by atoms with van der Waals surface area (Å²) in [6.07, 6.45) is 0.438. The number of aryl methyl sites for hydroxylation is 1. The Morgan fingerprint density at radius 3 is 2.61 bits per heavy atom. The highest BCUT2D eigenvalue weighted by Crippen LogP contribution is 2.32. The minimum absolute atomic E-state index is 0.0847. The molecule has 0 aliphatic carbocycles. The van der Waals surface area contributed by atoms with Gasteiger partial charge in [0.15, 0.2) is 0 Å². The maximum absolute atomic E-state index is 11.5. The lowest BCUT2D eigenvalue weighted by Crippen LogP contribution is -2.13. The first-order valence-electron chi connectivity index (χ1n) is 5.53. The first-order chi connectivity index (χ1) is 8.49. The molecule has 0 atom stereocenters. The van der Waals surface area contributed by atoms with Crippen LogP contribution in [0.3, 0.4) is 0 Å². The maximum atomic E-state index is 11.5. The van der Waals surface area contributed by atoms with Gasteiger partial charge >= 0.3 is 5.97 Å². The van der Waals surface area contributed by atoms with E-state index < -0.39 is 5.97 Å². The van der Waals surface area contributed by atoms with E-state index in [1.165, 1.54) is 11.3 Å². The van der Waals surface area contributed by atoms with Crippen molar-refractivity contribution in [3.63, 3.8) is 0 Å². The number of nitrogens with zero attached hydrogens (tertiary/aromatic N) is 1. The molecule has 0 bridgehead atoms. The van der Waals surface area contributed by atoms with E-state index in [1.807, 2.05) is 13.8 Å². The van der Waals surface area contributed by atoms with Gasteiger partial charge in [0.05, 0.1) is 12.0 Å². The quantitative estimate of drug-likeness (QED) is 0.855. The summed E-state index contributed by atoms with van der Waals surface area (Å²) in [6, 6.07) is 2.09. The van der Waals surface area contributed by atoms with Gasteiger partial charge in [0.25, 0.3) is 0 Å². The number of hydrogen-bond acceptors (Lipinski definition) is 4. The van der Waals surface area contributed by atoms with E-state index in [0.717, 1.165) is 16.9 Å². The molecule has 1 rings (SSSR count). The molecule has 0 saturated heterocycles. The number of nitrogens with one attached hydrogen (secondary N) is 1. The van der Waals surface area contributed by atoms with Gasteiger partial charge in [0.1, 0.15) is 11.1 Å². The van der Waals surface area contributed by atoms with E-state index in [2.05, 4.69) is 11.4 Å². The fourth-order valence-electron chi connectivity index (χ4n) is 1.62. The van der Waals surface area contributed by atoms with Crippen molar-refractivity contribution in [1.29, 1.82) is 5.26 Å². The van der Waals surface area contributed by atoms with Crippen LogP contribution >= 0.6 is 11.3 Å². The van der Waals surface area contributed by atoms with E-state index in [9.17, 15) is 9.59 Å². The Bertz CT molecular complexity index is 514. The van der Waals surface area contributed by atoms with Gasteiger partial charge in [0.2, 0.25) is 5.91 Å². The Morgan fingerprint density at radius 1 is 1.44 bits per heavy atom. The lowest BCUT2D eigenvalue weighted by molar-refractivity contribution is -0.138. The molecule has 0 radical (unpaired) electrons. The van der Waals surface area contributed by atoms with Gasteiger partial charge in [0, 0.05) is 11.3 Å². The average molecular weight is 266 g/mol. The molecule has 0 saturated carbocycles. The molecule has 2 N–H and O–H groups in total. The SMILES string of the molecule is CCc1c(C)sc(NC(=O)CCC(=O)O)c1C#N. The molecule has 1 aromatic heterocycles. The number of anilines is 1. The molecule has 0 fully saturated rings. The van der Waals surface area contributed by atoms with Crippen molar-refractivity contribution in [2.45, 2.75) is 33.1 Å². The predicted octanol–water partition coefficient (Wildman–Crippen LogP) is 2.29. The number of hydrogen-bond donors (Lipinski definition) is 2. The zero-order chi connectivity index (χ0) is 13.7. The number of thiophene rings is 1. The summed E-state index contributed by atoms with van der Waals surface area (Å²) in [6.45, 7) is 3.85. The molecule has 0 spiro atoms. The average Bonchev–Trinajstić information content (AvgIpc) is 2.61. The second kappa shape index (κ2) is 6.17. The van der Waals surface area contributed by atoms with Crippen LogP contribution in [0.4, 0.5) is 5.00 Å². The predicted molar refractivity (Wildman–Crippen MR) is 68.6 cm³/mol. The summed E-state index contributed by atoms with van der Waals surface area (Å²) >= 11 is 1.35. The number of aliphatic carboxylic acids is 1. The Balaban J connectivity index is 2.82. The van der Waals surface area contributed by atoms with Crippen LogP contribution in [0.2, 0.25) is 0 Å². The van der Waals surface area contributed by atoms with E-state index in [1.54, 1.807) is 0 Å². The summed E-state index contributed by atoms with van der Waals surface area (Å²) < 4.78 is 0. The number of carboxylic acid groups (broad SMARTS) is 1. The molecule has 6 heteroatoms. The van der Waals surface area contributed by atoms with Gasteiger partial charge in [-0.1, -0.05) is 6.92 Å². The molecular formula is C12H14N2O3S. The molecule has 1 aromatic rings. The van der Waals surface area contributed by atoms with Crippen LogP contribution in [0, 0.1) is 18.3 Å². The number of nitriles is 1. The third kappa shape index (κ3) is 3.31. The zero-order valence-electron chi connectivity index (χ0n) is 10.2. The highest BCUT2D eigenvalue weighted by Gasteiger charge is 2.16.